The van der Waals surface area contributed by atoms with Gasteiger partial charge in [-0.3, -0.25) is 0 Å². The van der Waals surface area contributed by atoms with Gasteiger partial charge in [0.1, 0.15) is 0 Å². The molecule has 0 bridgehead atoms. The van der Waals surface area contributed by atoms with Crippen LogP contribution in [0.4, 0.5) is 0 Å². The molecule has 1 heteroatoms. The van der Waals surface area contributed by atoms with Crippen molar-refractivity contribution in [3.8, 4) is 0 Å². The third kappa shape index (κ3) is 1.86. The van der Waals surface area contributed by atoms with Crippen LogP contribution in [0, 0.1) is 17.3 Å². The predicted molar refractivity (Wildman–Crippen MR) is 68.1 cm³/mol. The van der Waals surface area contributed by atoms with E-state index in [-0.39, 0.29) is 6.10 Å². The number of aliphatic hydroxyl groups excluding tert-OH is 1. The van der Waals surface area contributed by atoms with Gasteiger partial charge in [0, 0.05) is 0 Å². The summed E-state index contributed by atoms with van der Waals surface area (Å²) < 4.78 is 0. The molecule has 2 aliphatic carbocycles. The normalized spacial score (nSPS) is 43.5. The first-order valence-electron chi connectivity index (χ1n) is 6.48. The van der Waals surface area contributed by atoms with Crippen molar-refractivity contribution in [1.82, 2.24) is 0 Å². The Balaban J connectivity index is 2.26. The smallest absolute Gasteiger partial charge is 0.0726 e. The molecule has 0 radical (unpaired) electrons. The van der Waals surface area contributed by atoms with Gasteiger partial charge >= 0.3 is 0 Å². The largest absolute Gasteiger partial charge is 0.389 e. The molecule has 0 spiro atoms. The van der Waals surface area contributed by atoms with Crippen molar-refractivity contribution in [2.24, 2.45) is 17.3 Å². The lowest BCUT2D eigenvalue weighted by molar-refractivity contribution is 0.0882. The van der Waals surface area contributed by atoms with E-state index in [0.717, 1.165) is 12.8 Å². The van der Waals surface area contributed by atoms with E-state index >= 15 is 0 Å². The third-order valence-corrected chi connectivity index (χ3v) is 4.94. The summed E-state index contributed by atoms with van der Waals surface area (Å²) in [6, 6.07) is 0. The van der Waals surface area contributed by atoms with Crippen molar-refractivity contribution in [1.29, 1.82) is 0 Å². The molecule has 2 aliphatic rings. The van der Waals surface area contributed by atoms with Crippen molar-refractivity contribution in [2.75, 3.05) is 0 Å². The number of fused-ring (bicyclic) bond motifs is 1. The molecule has 0 aromatic rings. The number of aliphatic hydroxyl groups is 1. The van der Waals surface area contributed by atoms with E-state index in [2.05, 4.69) is 33.4 Å². The van der Waals surface area contributed by atoms with Gasteiger partial charge in [0.05, 0.1) is 6.10 Å². The molecular formula is C15H24O. The molecule has 2 rings (SSSR count). The summed E-state index contributed by atoms with van der Waals surface area (Å²) in [5.74, 6) is 1.27. The Kier molecular flexibility index (Phi) is 3.00. The number of hydrogen-bond acceptors (Lipinski definition) is 1. The molecule has 1 N–H and O–H groups in total. The van der Waals surface area contributed by atoms with Crippen LogP contribution in [0.1, 0.15) is 46.5 Å². The van der Waals surface area contributed by atoms with Gasteiger partial charge < -0.3 is 5.11 Å². The maximum Gasteiger partial charge on any atom is 0.0726 e. The fourth-order valence-electron chi connectivity index (χ4n) is 3.49. The van der Waals surface area contributed by atoms with E-state index in [9.17, 15) is 5.11 Å². The van der Waals surface area contributed by atoms with Gasteiger partial charge in [0.15, 0.2) is 0 Å². The monoisotopic (exact) mass is 220 g/mol. The molecular weight excluding hydrogens is 196 g/mol. The zero-order valence-corrected chi connectivity index (χ0v) is 10.8. The van der Waals surface area contributed by atoms with Gasteiger partial charge in [-0.2, -0.15) is 0 Å². The molecule has 90 valence electrons. The van der Waals surface area contributed by atoms with Gasteiger partial charge in [0.2, 0.25) is 0 Å². The third-order valence-electron chi connectivity index (χ3n) is 4.94. The van der Waals surface area contributed by atoms with Crippen molar-refractivity contribution < 1.29 is 5.11 Å². The van der Waals surface area contributed by atoms with Crippen LogP contribution in [0.5, 0.6) is 0 Å². The lowest BCUT2D eigenvalue weighted by Gasteiger charge is -2.48. The van der Waals surface area contributed by atoms with Crippen molar-refractivity contribution in [3.05, 3.63) is 23.8 Å². The van der Waals surface area contributed by atoms with Gasteiger partial charge in [-0.15, -0.1) is 0 Å². The Morgan fingerprint density at radius 3 is 2.88 bits per heavy atom. The van der Waals surface area contributed by atoms with E-state index in [1.807, 2.05) is 0 Å². The Bertz CT molecular complexity index is 328. The second-order valence-corrected chi connectivity index (χ2v) is 6.10. The molecule has 0 unspecified atom stereocenters. The van der Waals surface area contributed by atoms with Crippen molar-refractivity contribution in [2.45, 2.75) is 52.6 Å². The number of hydrogen-bond donors (Lipinski definition) is 1. The van der Waals surface area contributed by atoms with E-state index in [1.165, 1.54) is 24.0 Å². The first kappa shape index (κ1) is 11.9. The summed E-state index contributed by atoms with van der Waals surface area (Å²) >= 11 is 0. The standard InChI is InChI=1S/C15H24O/c1-10(2)12-5-6-13-8-14(16)7-11(3)15(13,4)9-12/h8,11-12,14,16H,1,5-7,9H2,2-4H3/t11-,12-,14-,15-/m1/s1. The van der Waals surface area contributed by atoms with Crippen LogP contribution in [0.2, 0.25) is 0 Å². The summed E-state index contributed by atoms with van der Waals surface area (Å²) in [6.45, 7) is 10.9. The Labute approximate surface area is 99.3 Å². The molecule has 1 saturated carbocycles. The summed E-state index contributed by atoms with van der Waals surface area (Å²) in [7, 11) is 0. The first-order valence-corrected chi connectivity index (χ1v) is 6.48. The molecule has 4 atom stereocenters. The van der Waals surface area contributed by atoms with Gasteiger partial charge in [0.25, 0.3) is 0 Å². The summed E-state index contributed by atoms with van der Waals surface area (Å²) in [6.07, 6.45) is 6.42. The highest BCUT2D eigenvalue weighted by Gasteiger charge is 2.43. The Morgan fingerprint density at radius 1 is 1.56 bits per heavy atom. The van der Waals surface area contributed by atoms with Gasteiger partial charge in [-0.05, 0) is 49.9 Å². The highest BCUT2D eigenvalue weighted by molar-refractivity contribution is 5.24. The van der Waals surface area contributed by atoms with Crippen molar-refractivity contribution in [3.63, 3.8) is 0 Å². The fourth-order valence-corrected chi connectivity index (χ4v) is 3.49. The van der Waals surface area contributed by atoms with E-state index in [4.69, 9.17) is 0 Å². The zero-order chi connectivity index (χ0) is 11.9. The van der Waals surface area contributed by atoms with Crippen molar-refractivity contribution >= 4 is 0 Å². The number of rotatable bonds is 1. The summed E-state index contributed by atoms with van der Waals surface area (Å²) in [5.41, 5.74) is 3.14. The van der Waals surface area contributed by atoms with Crippen LogP contribution in [-0.4, -0.2) is 11.2 Å². The molecule has 1 nitrogen and oxygen atoms in total. The van der Waals surface area contributed by atoms with E-state index < -0.39 is 0 Å². The molecule has 1 fully saturated rings. The van der Waals surface area contributed by atoms with E-state index in [0.29, 0.717) is 17.3 Å². The fraction of sp³-hybridized carbons (Fsp3) is 0.733. The second kappa shape index (κ2) is 4.03. The number of allylic oxidation sites excluding steroid dienone is 2. The van der Waals surface area contributed by atoms with Crippen LogP contribution in [0.3, 0.4) is 0 Å². The lowest BCUT2D eigenvalue weighted by Crippen LogP contribution is -2.39. The highest BCUT2D eigenvalue weighted by Crippen LogP contribution is 2.53. The van der Waals surface area contributed by atoms with E-state index in [1.54, 1.807) is 0 Å². The van der Waals surface area contributed by atoms with Gasteiger partial charge in [-0.25, -0.2) is 0 Å². The maximum atomic E-state index is 9.81. The average Bonchev–Trinajstić information content (AvgIpc) is 2.19. The second-order valence-electron chi connectivity index (χ2n) is 6.10. The molecule has 0 amide bonds. The molecule has 0 aromatic heterocycles. The minimum absolute atomic E-state index is 0.209. The molecule has 0 aliphatic heterocycles. The lowest BCUT2D eigenvalue weighted by atomic mass is 9.57. The molecule has 0 saturated heterocycles. The molecule has 0 aromatic carbocycles. The summed E-state index contributed by atoms with van der Waals surface area (Å²) in [5, 5.41) is 9.81. The SMILES string of the molecule is C=C(C)[C@@H]1CCC2=C[C@H](O)C[C@@H](C)[C@@]2(C)C1. The molecule has 0 heterocycles. The van der Waals surface area contributed by atoms with Crippen LogP contribution in [0.25, 0.3) is 0 Å². The molecule has 16 heavy (non-hydrogen) atoms. The van der Waals surface area contributed by atoms with Crippen LogP contribution >= 0.6 is 0 Å². The van der Waals surface area contributed by atoms with Gasteiger partial charge in [-0.1, -0.05) is 37.6 Å². The van der Waals surface area contributed by atoms with Crippen LogP contribution < -0.4 is 0 Å². The minimum atomic E-state index is -0.209. The summed E-state index contributed by atoms with van der Waals surface area (Å²) in [4.78, 5) is 0. The minimum Gasteiger partial charge on any atom is -0.389 e. The Hall–Kier alpha value is -0.560. The van der Waals surface area contributed by atoms with Crippen LogP contribution in [0.15, 0.2) is 23.8 Å². The average molecular weight is 220 g/mol. The maximum absolute atomic E-state index is 9.81. The van der Waals surface area contributed by atoms with Crippen LogP contribution in [-0.2, 0) is 0 Å². The quantitative estimate of drug-likeness (QED) is 0.668. The predicted octanol–water partition coefficient (Wildman–Crippen LogP) is 3.70. The highest BCUT2D eigenvalue weighted by atomic mass is 16.3. The Morgan fingerprint density at radius 2 is 2.25 bits per heavy atom. The topological polar surface area (TPSA) is 20.2 Å². The first-order chi connectivity index (χ1) is 7.43. The zero-order valence-electron chi connectivity index (χ0n) is 10.8.